The molecule has 5 nitrogen and oxygen atoms in total. The van der Waals surface area contributed by atoms with Crippen LogP contribution in [0, 0.1) is 0 Å². The van der Waals surface area contributed by atoms with E-state index in [-0.39, 0.29) is 0 Å². The van der Waals surface area contributed by atoms with Crippen LogP contribution in [0.2, 0.25) is 0 Å². The summed E-state index contributed by atoms with van der Waals surface area (Å²) in [6, 6.07) is 0. The minimum Gasteiger partial charge on any atom is -0.474 e. The van der Waals surface area contributed by atoms with Gasteiger partial charge in [0, 0.05) is 13.6 Å². The van der Waals surface area contributed by atoms with Crippen molar-refractivity contribution in [3.05, 3.63) is 6.20 Å². The Morgan fingerprint density at radius 3 is 2.60 bits per heavy atom. The van der Waals surface area contributed by atoms with Crippen LogP contribution < -0.4 is 10.5 Å². The standard InChI is InChI=1S/C10H20N4O/c1-4-14(5-2)6-7-15-10-9(11)8-13(3)12-10/h8H,4-7,11H2,1-3H3. The first-order valence-electron chi connectivity index (χ1n) is 5.31. The number of anilines is 1. The number of nitrogens with two attached hydrogens (primary N) is 1. The lowest BCUT2D eigenvalue weighted by molar-refractivity contribution is 0.217. The number of nitrogens with zero attached hydrogens (tertiary/aromatic N) is 3. The molecule has 0 amide bonds. The summed E-state index contributed by atoms with van der Waals surface area (Å²) in [6.45, 7) is 7.89. The number of likely N-dealkylation sites (N-methyl/N-ethyl adjacent to an activating group) is 1. The maximum Gasteiger partial charge on any atom is 0.256 e. The summed E-state index contributed by atoms with van der Waals surface area (Å²) in [6.07, 6.45) is 1.74. The van der Waals surface area contributed by atoms with E-state index in [0.717, 1.165) is 19.6 Å². The van der Waals surface area contributed by atoms with Gasteiger partial charge in [0.25, 0.3) is 5.88 Å². The highest BCUT2D eigenvalue weighted by Crippen LogP contribution is 2.16. The average Bonchev–Trinajstić information content (AvgIpc) is 2.52. The van der Waals surface area contributed by atoms with Gasteiger partial charge < -0.3 is 15.4 Å². The van der Waals surface area contributed by atoms with Crippen LogP contribution in [-0.4, -0.2) is 40.9 Å². The highest BCUT2D eigenvalue weighted by Gasteiger charge is 2.05. The molecule has 1 rings (SSSR count). The highest BCUT2D eigenvalue weighted by molar-refractivity contribution is 5.45. The van der Waals surface area contributed by atoms with Crippen LogP contribution in [0.5, 0.6) is 5.88 Å². The molecule has 0 aliphatic rings. The molecule has 86 valence electrons. The summed E-state index contributed by atoms with van der Waals surface area (Å²) in [4.78, 5) is 2.29. The molecule has 0 aromatic carbocycles. The fourth-order valence-corrected chi connectivity index (χ4v) is 1.41. The molecule has 5 heteroatoms. The first kappa shape index (κ1) is 11.8. The normalized spacial score (nSPS) is 10.9. The monoisotopic (exact) mass is 212 g/mol. The molecule has 0 aliphatic heterocycles. The van der Waals surface area contributed by atoms with E-state index in [1.54, 1.807) is 10.9 Å². The molecular formula is C10H20N4O. The van der Waals surface area contributed by atoms with Gasteiger partial charge in [-0.05, 0) is 13.1 Å². The van der Waals surface area contributed by atoms with Crippen molar-refractivity contribution >= 4 is 5.69 Å². The Bertz CT molecular complexity index is 294. The zero-order chi connectivity index (χ0) is 11.3. The molecule has 0 atom stereocenters. The second-order valence-corrected chi connectivity index (χ2v) is 3.44. The van der Waals surface area contributed by atoms with Crippen molar-refractivity contribution in [2.45, 2.75) is 13.8 Å². The van der Waals surface area contributed by atoms with Crippen LogP contribution in [0.15, 0.2) is 6.20 Å². The van der Waals surface area contributed by atoms with Gasteiger partial charge in [0.05, 0.1) is 6.20 Å². The number of hydrogen-bond donors (Lipinski definition) is 1. The molecule has 0 saturated carbocycles. The first-order valence-corrected chi connectivity index (χ1v) is 5.31. The maximum atomic E-state index is 5.70. The van der Waals surface area contributed by atoms with Gasteiger partial charge >= 0.3 is 0 Å². The van der Waals surface area contributed by atoms with E-state index in [1.165, 1.54) is 0 Å². The molecule has 0 radical (unpaired) electrons. The smallest absolute Gasteiger partial charge is 0.256 e. The van der Waals surface area contributed by atoms with Crippen LogP contribution in [0.25, 0.3) is 0 Å². The summed E-state index contributed by atoms with van der Waals surface area (Å²) >= 11 is 0. The van der Waals surface area contributed by atoms with Crippen LogP contribution in [0.4, 0.5) is 5.69 Å². The molecule has 0 unspecified atom stereocenters. The van der Waals surface area contributed by atoms with Crippen molar-refractivity contribution in [1.29, 1.82) is 0 Å². The van der Waals surface area contributed by atoms with Crippen LogP contribution >= 0.6 is 0 Å². The van der Waals surface area contributed by atoms with Crippen molar-refractivity contribution in [3.8, 4) is 5.88 Å². The van der Waals surface area contributed by atoms with E-state index in [1.807, 2.05) is 7.05 Å². The molecule has 0 aliphatic carbocycles. The molecule has 2 N–H and O–H groups in total. The lowest BCUT2D eigenvalue weighted by atomic mass is 10.5. The summed E-state index contributed by atoms with van der Waals surface area (Å²) in [5.74, 6) is 0.532. The van der Waals surface area contributed by atoms with Crippen LogP contribution in [0.1, 0.15) is 13.8 Å². The molecule has 0 bridgehead atoms. The SMILES string of the molecule is CCN(CC)CCOc1nn(C)cc1N. The lowest BCUT2D eigenvalue weighted by Crippen LogP contribution is -2.28. The Kier molecular flexibility index (Phi) is 4.42. The van der Waals surface area contributed by atoms with E-state index >= 15 is 0 Å². The predicted octanol–water partition coefficient (Wildman–Crippen LogP) is 0.723. The zero-order valence-corrected chi connectivity index (χ0v) is 9.73. The van der Waals surface area contributed by atoms with Crippen molar-refractivity contribution < 1.29 is 4.74 Å². The molecule has 1 aromatic rings. The van der Waals surface area contributed by atoms with E-state index < -0.39 is 0 Å². The van der Waals surface area contributed by atoms with Gasteiger partial charge in [0.1, 0.15) is 12.3 Å². The topological polar surface area (TPSA) is 56.3 Å². The largest absolute Gasteiger partial charge is 0.474 e. The zero-order valence-electron chi connectivity index (χ0n) is 9.73. The predicted molar refractivity (Wildman–Crippen MR) is 60.9 cm³/mol. The van der Waals surface area contributed by atoms with E-state index in [2.05, 4.69) is 23.8 Å². The maximum absolute atomic E-state index is 5.70. The lowest BCUT2D eigenvalue weighted by Gasteiger charge is -2.17. The summed E-state index contributed by atoms with van der Waals surface area (Å²) in [5, 5.41) is 4.11. The van der Waals surface area contributed by atoms with Crippen LogP contribution in [0.3, 0.4) is 0 Å². The summed E-state index contributed by atoms with van der Waals surface area (Å²) in [5.41, 5.74) is 6.30. The molecule has 1 aromatic heterocycles. The number of hydrogen-bond acceptors (Lipinski definition) is 4. The van der Waals surface area contributed by atoms with Crippen LogP contribution in [-0.2, 0) is 7.05 Å². The summed E-state index contributed by atoms with van der Waals surface area (Å²) < 4.78 is 7.15. The molecular weight excluding hydrogens is 192 g/mol. The third-order valence-electron chi connectivity index (χ3n) is 2.36. The number of aryl methyl sites for hydroxylation is 1. The Balaban J connectivity index is 2.34. The molecule has 15 heavy (non-hydrogen) atoms. The van der Waals surface area contributed by atoms with Crippen molar-refractivity contribution in [3.63, 3.8) is 0 Å². The van der Waals surface area contributed by atoms with E-state index in [0.29, 0.717) is 18.2 Å². The van der Waals surface area contributed by atoms with Gasteiger partial charge in [0.2, 0.25) is 0 Å². The third-order valence-corrected chi connectivity index (χ3v) is 2.36. The van der Waals surface area contributed by atoms with Crippen molar-refractivity contribution in [2.24, 2.45) is 7.05 Å². The fourth-order valence-electron chi connectivity index (χ4n) is 1.41. The fraction of sp³-hybridized carbons (Fsp3) is 0.700. The Hall–Kier alpha value is -1.23. The highest BCUT2D eigenvalue weighted by atomic mass is 16.5. The number of ether oxygens (including phenoxy) is 1. The Labute approximate surface area is 90.8 Å². The second-order valence-electron chi connectivity index (χ2n) is 3.44. The molecule has 0 fully saturated rings. The van der Waals surface area contributed by atoms with Gasteiger partial charge in [-0.1, -0.05) is 13.8 Å². The number of aromatic nitrogens is 2. The van der Waals surface area contributed by atoms with E-state index in [9.17, 15) is 0 Å². The first-order chi connectivity index (χ1) is 7.17. The van der Waals surface area contributed by atoms with Gasteiger partial charge in [-0.3, -0.25) is 4.68 Å². The van der Waals surface area contributed by atoms with Crippen molar-refractivity contribution in [1.82, 2.24) is 14.7 Å². The number of rotatable bonds is 6. The van der Waals surface area contributed by atoms with Gasteiger partial charge in [-0.25, -0.2) is 0 Å². The minimum absolute atomic E-state index is 0.532. The Morgan fingerprint density at radius 1 is 1.47 bits per heavy atom. The quantitative estimate of drug-likeness (QED) is 0.755. The summed E-state index contributed by atoms with van der Waals surface area (Å²) in [7, 11) is 1.83. The average molecular weight is 212 g/mol. The van der Waals surface area contributed by atoms with Gasteiger partial charge in [-0.15, -0.1) is 5.10 Å². The van der Waals surface area contributed by atoms with E-state index in [4.69, 9.17) is 10.5 Å². The second kappa shape index (κ2) is 5.60. The van der Waals surface area contributed by atoms with Crippen molar-refractivity contribution in [2.75, 3.05) is 32.0 Å². The molecule has 1 heterocycles. The Morgan fingerprint density at radius 2 is 2.13 bits per heavy atom. The third kappa shape index (κ3) is 3.43. The number of nitrogen functional groups attached to an aromatic ring is 1. The molecule has 0 saturated heterocycles. The van der Waals surface area contributed by atoms with Gasteiger partial charge in [-0.2, -0.15) is 0 Å². The molecule has 0 spiro atoms. The van der Waals surface area contributed by atoms with Gasteiger partial charge in [0.15, 0.2) is 0 Å². The minimum atomic E-state index is 0.532.